The summed E-state index contributed by atoms with van der Waals surface area (Å²) in [4.78, 5) is 26.1. The van der Waals surface area contributed by atoms with E-state index in [1.165, 1.54) is 0 Å². The first-order valence-corrected chi connectivity index (χ1v) is 8.63. The van der Waals surface area contributed by atoms with E-state index in [1.807, 2.05) is 20.8 Å². The summed E-state index contributed by atoms with van der Waals surface area (Å²) >= 11 is 11.9. The van der Waals surface area contributed by atoms with E-state index in [1.54, 1.807) is 22.6 Å². The third-order valence-corrected chi connectivity index (χ3v) is 4.67. The van der Waals surface area contributed by atoms with Crippen molar-refractivity contribution >= 4 is 35.2 Å². The molecular weight excluding hydrogens is 353 g/mol. The second-order valence-electron chi connectivity index (χ2n) is 6.94. The fourth-order valence-electron chi connectivity index (χ4n) is 2.55. The van der Waals surface area contributed by atoms with Gasteiger partial charge in [0.15, 0.2) is 0 Å². The Kier molecular flexibility index (Phi) is 5.71. The number of hydrogen-bond acceptors (Lipinski definition) is 3. The zero-order valence-corrected chi connectivity index (χ0v) is 15.9. The van der Waals surface area contributed by atoms with Crippen LogP contribution >= 0.6 is 23.2 Å². The quantitative estimate of drug-likeness (QED) is 0.860. The highest BCUT2D eigenvalue weighted by atomic mass is 35.5. The Morgan fingerprint density at radius 3 is 2.29 bits per heavy atom. The van der Waals surface area contributed by atoms with Gasteiger partial charge in [0, 0.05) is 26.2 Å². The number of carbonyl (C=O) groups excluding carboxylic acids is 2. The van der Waals surface area contributed by atoms with Gasteiger partial charge in [-0.15, -0.1) is 0 Å². The van der Waals surface area contributed by atoms with E-state index in [4.69, 9.17) is 27.9 Å². The second-order valence-corrected chi connectivity index (χ2v) is 7.71. The molecule has 1 aliphatic heterocycles. The summed E-state index contributed by atoms with van der Waals surface area (Å²) in [5, 5.41) is 3.65. The van der Waals surface area contributed by atoms with Crippen molar-refractivity contribution in [3.63, 3.8) is 0 Å². The van der Waals surface area contributed by atoms with E-state index in [2.05, 4.69) is 5.32 Å². The van der Waals surface area contributed by atoms with Gasteiger partial charge in [-0.2, -0.15) is 0 Å². The lowest BCUT2D eigenvalue weighted by atomic mass is 10.1. The van der Waals surface area contributed by atoms with Crippen LogP contribution in [-0.4, -0.2) is 46.2 Å². The summed E-state index contributed by atoms with van der Waals surface area (Å²) in [5.41, 5.74) is -0.0905. The molecule has 8 heteroatoms. The van der Waals surface area contributed by atoms with Crippen molar-refractivity contribution in [2.75, 3.05) is 13.1 Å². The van der Waals surface area contributed by atoms with Crippen molar-refractivity contribution in [2.24, 2.45) is 7.05 Å². The lowest BCUT2D eigenvalue weighted by molar-refractivity contribution is 0.0199. The van der Waals surface area contributed by atoms with Gasteiger partial charge >= 0.3 is 6.09 Å². The van der Waals surface area contributed by atoms with Crippen LogP contribution in [-0.2, 0) is 11.8 Å². The summed E-state index contributed by atoms with van der Waals surface area (Å²) in [5.74, 6) is -0.220. The first kappa shape index (κ1) is 18.9. The number of likely N-dealkylation sites (tertiary alicyclic amines) is 1. The molecule has 0 saturated carbocycles. The van der Waals surface area contributed by atoms with Gasteiger partial charge in [0.05, 0.1) is 5.02 Å². The second kappa shape index (κ2) is 7.23. The maximum Gasteiger partial charge on any atom is 0.410 e. The molecule has 0 radical (unpaired) electrons. The number of nitrogens with one attached hydrogen (secondary N) is 1. The van der Waals surface area contributed by atoms with Crippen LogP contribution in [0.15, 0.2) is 6.07 Å². The Labute approximate surface area is 152 Å². The van der Waals surface area contributed by atoms with Crippen molar-refractivity contribution in [2.45, 2.75) is 45.3 Å². The Morgan fingerprint density at radius 2 is 1.83 bits per heavy atom. The number of piperidine rings is 1. The summed E-state index contributed by atoms with van der Waals surface area (Å²) in [6.45, 7) is 6.62. The molecule has 134 valence electrons. The fourth-order valence-corrected chi connectivity index (χ4v) is 2.93. The van der Waals surface area contributed by atoms with Crippen molar-refractivity contribution in [1.29, 1.82) is 0 Å². The van der Waals surface area contributed by atoms with Crippen LogP contribution < -0.4 is 5.32 Å². The zero-order valence-electron chi connectivity index (χ0n) is 14.4. The van der Waals surface area contributed by atoms with Gasteiger partial charge in [0.1, 0.15) is 16.4 Å². The fraction of sp³-hybridized carbons (Fsp3) is 0.625. The molecule has 24 heavy (non-hydrogen) atoms. The number of amides is 2. The normalized spacial score (nSPS) is 16.2. The Morgan fingerprint density at radius 1 is 1.25 bits per heavy atom. The topological polar surface area (TPSA) is 63.6 Å². The molecule has 1 aliphatic rings. The van der Waals surface area contributed by atoms with E-state index in [9.17, 15) is 9.59 Å². The number of carbonyl (C=O) groups is 2. The van der Waals surface area contributed by atoms with Crippen LogP contribution in [0.3, 0.4) is 0 Å². The molecule has 0 bridgehead atoms. The summed E-state index contributed by atoms with van der Waals surface area (Å²) < 4.78 is 6.91. The van der Waals surface area contributed by atoms with Gasteiger partial charge in [-0.25, -0.2) is 4.79 Å². The Bertz CT molecular complexity index is 629. The van der Waals surface area contributed by atoms with E-state index >= 15 is 0 Å². The molecule has 0 unspecified atom stereocenters. The molecule has 2 amide bonds. The molecule has 6 nitrogen and oxygen atoms in total. The monoisotopic (exact) mass is 375 g/mol. The lowest BCUT2D eigenvalue weighted by Gasteiger charge is -2.33. The van der Waals surface area contributed by atoms with E-state index in [-0.39, 0.29) is 18.0 Å². The number of rotatable bonds is 2. The minimum Gasteiger partial charge on any atom is -0.444 e. The van der Waals surface area contributed by atoms with Crippen LogP contribution in [0.4, 0.5) is 4.79 Å². The molecule has 1 saturated heterocycles. The number of hydrogen-bond donors (Lipinski definition) is 1. The average Bonchev–Trinajstić information content (AvgIpc) is 2.74. The first-order valence-electron chi connectivity index (χ1n) is 7.88. The van der Waals surface area contributed by atoms with Crippen molar-refractivity contribution in [3.05, 3.63) is 21.9 Å². The molecular formula is C16H23Cl2N3O3. The highest BCUT2D eigenvalue weighted by Crippen LogP contribution is 2.25. The van der Waals surface area contributed by atoms with Crippen LogP contribution in [0.5, 0.6) is 0 Å². The Balaban J connectivity index is 1.88. The van der Waals surface area contributed by atoms with Crippen molar-refractivity contribution < 1.29 is 14.3 Å². The summed E-state index contributed by atoms with van der Waals surface area (Å²) in [6.07, 6.45) is 1.04. The van der Waals surface area contributed by atoms with Gasteiger partial charge < -0.3 is 19.5 Å². The zero-order chi connectivity index (χ0) is 18.1. The molecule has 2 heterocycles. The van der Waals surface area contributed by atoms with Gasteiger partial charge in [-0.3, -0.25) is 4.79 Å². The number of ether oxygens (including phenoxy) is 1. The molecule has 0 aliphatic carbocycles. The van der Waals surface area contributed by atoms with E-state index in [0.717, 1.165) is 0 Å². The highest BCUT2D eigenvalue weighted by Gasteiger charge is 2.28. The van der Waals surface area contributed by atoms with Crippen LogP contribution in [0.2, 0.25) is 10.2 Å². The number of halogens is 2. The van der Waals surface area contributed by atoms with Crippen LogP contribution in [0.25, 0.3) is 0 Å². The standard InChI is InChI=1S/C16H23Cl2N3O3/c1-16(2,3)24-15(23)21-7-5-10(6-8-21)19-14(22)12-9-11(17)13(18)20(12)4/h9-10H,5-8H2,1-4H3,(H,19,22). The molecule has 1 N–H and O–H groups in total. The smallest absolute Gasteiger partial charge is 0.410 e. The van der Waals surface area contributed by atoms with Gasteiger partial charge in [0.2, 0.25) is 0 Å². The number of aromatic nitrogens is 1. The first-order chi connectivity index (χ1) is 11.1. The van der Waals surface area contributed by atoms with Crippen molar-refractivity contribution in [1.82, 2.24) is 14.8 Å². The predicted molar refractivity (Wildman–Crippen MR) is 93.7 cm³/mol. The maximum absolute atomic E-state index is 12.3. The molecule has 1 aromatic heterocycles. The van der Waals surface area contributed by atoms with E-state index < -0.39 is 5.60 Å². The minimum atomic E-state index is -0.507. The summed E-state index contributed by atoms with van der Waals surface area (Å²) in [6, 6.07) is 1.55. The average molecular weight is 376 g/mol. The highest BCUT2D eigenvalue weighted by molar-refractivity contribution is 6.41. The van der Waals surface area contributed by atoms with Gasteiger partial charge in [-0.05, 0) is 39.7 Å². The summed E-state index contributed by atoms with van der Waals surface area (Å²) in [7, 11) is 1.69. The van der Waals surface area contributed by atoms with Crippen molar-refractivity contribution in [3.8, 4) is 0 Å². The minimum absolute atomic E-state index is 0.00337. The largest absolute Gasteiger partial charge is 0.444 e. The molecule has 0 atom stereocenters. The van der Waals surface area contributed by atoms with Crippen LogP contribution in [0, 0.1) is 0 Å². The van der Waals surface area contributed by atoms with Gasteiger partial charge in [-0.1, -0.05) is 23.2 Å². The van der Waals surface area contributed by atoms with Gasteiger partial charge in [0.25, 0.3) is 5.91 Å². The Hall–Kier alpha value is -1.40. The molecule has 0 aromatic carbocycles. The SMILES string of the molecule is Cn1c(C(=O)NC2CCN(C(=O)OC(C)(C)C)CC2)cc(Cl)c1Cl. The maximum atomic E-state index is 12.3. The molecule has 1 aromatic rings. The molecule has 2 rings (SSSR count). The van der Waals surface area contributed by atoms with E-state index in [0.29, 0.717) is 41.8 Å². The third-order valence-electron chi connectivity index (χ3n) is 3.83. The van der Waals surface area contributed by atoms with Crippen LogP contribution in [0.1, 0.15) is 44.1 Å². The lowest BCUT2D eigenvalue weighted by Crippen LogP contribution is -2.48. The molecule has 0 spiro atoms. The third kappa shape index (κ3) is 4.57. The molecule has 1 fully saturated rings. The number of nitrogens with zero attached hydrogens (tertiary/aromatic N) is 2. The predicted octanol–water partition coefficient (Wildman–Crippen LogP) is 3.46.